The van der Waals surface area contributed by atoms with Crippen LogP contribution in [0.5, 0.6) is 5.75 Å². The monoisotopic (exact) mass is 533 g/mol. The van der Waals surface area contributed by atoms with Crippen molar-refractivity contribution in [3.8, 4) is 5.75 Å². The molecule has 0 aromatic heterocycles. The first-order chi connectivity index (χ1) is 16.8. The van der Waals surface area contributed by atoms with E-state index >= 15 is 0 Å². The highest BCUT2D eigenvalue weighted by atomic mass is 35.5. The van der Waals surface area contributed by atoms with Gasteiger partial charge in [-0.3, -0.25) is 9.69 Å². The van der Waals surface area contributed by atoms with Gasteiger partial charge in [0.2, 0.25) is 0 Å². The van der Waals surface area contributed by atoms with Gasteiger partial charge in [0.15, 0.2) is 6.10 Å². The molecule has 13 heteroatoms. The highest BCUT2D eigenvalue weighted by molar-refractivity contribution is 6.34. The average Bonchev–Trinajstić information content (AvgIpc) is 3.18. The summed E-state index contributed by atoms with van der Waals surface area (Å²) in [6, 6.07) is 3.25. The Hall–Kier alpha value is -3.38. The van der Waals surface area contributed by atoms with E-state index in [1.807, 2.05) is 0 Å². The van der Waals surface area contributed by atoms with Gasteiger partial charge in [0.05, 0.1) is 34.6 Å². The van der Waals surface area contributed by atoms with Crippen LogP contribution in [0.15, 0.2) is 42.6 Å². The Bertz CT molecular complexity index is 1170. The molecule has 0 radical (unpaired) electrons. The maximum absolute atomic E-state index is 14.9. The van der Waals surface area contributed by atoms with Crippen LogP contribution >= 0.6 is 11.6 Å². The predicted octanol–water partition coefficient (Wildman–Crippen LogP) is 5.70. The van der Waals surface area contributed by atoms with E-state index in [2.05, 4.69) is 17.2 Å². The lowest BCUT2D eigenvalue weighted by Gasteiger charge is -2.25. The smallest absolute Gasteiger partial charge is 0.425 e. The Labute approximate surface area is 207 Å². The lowest BCUT2D eigenvalue weighted by atomic mass is 10.1. The highest BCUT2D eigenvalue weighted by Crippen LogP contribution is 2.34. The molecule has 1 aliphatic heterocycles. The van der Waals surface area contributed by atoms with Crippen LogP contribution in [0.1, 0.15) is 30.1 Å². The van der Waals surface area contributed by atoms with Crippen LogP contribution in [-0.2, 0) is 0 Å². The molecule has 2 aromatic carbocycles. The number of rotatable bonds is 6. The standard InChI is InChI=1S/C23H21ClF5N3O4/c1-11-6-7-13(10-33)32(11)22(35)30-18-9-19(36-12(2)23(27,28)29)14(8-17(18)26)21(34)31-20-15(24)4-3-5-16(20)25/h3-5,8-9,12-13,33H,1,6-7,10H2,2H3,(H,30,35)(H,31,34)/t12-,13?/m0/s1. The largest absolute Gasteiger partial charge is 0.480 e. The topological polar surface area (TPSA) is 90.9 Å². The summed E-state index contributed by atoms with van der Waals surface area (Å²) < 4.78 is 73.4. The normalized spacial score (nSPS) is 16.6. The van der Waals surface area contributed by atoms with E-state index < -0.39 is 64.6 Å². The molecule has 1 saturated heterocycles. The number of urea groups is 1. The zero-order valence-electron chi connectivity index (χ0n) is 18.8. The van der Waals surface area contributed by atoms with Gasteiger partial charge in [-0.05, 0) is 38.0 Å². The van der Waals surface area contributed by atoms with Crippen molar-refractivity contribution in [1.82, 2.24) is 4.90 Å². The Morgan fingerprint density at radius 1 is 1.25 bits per heavy atom. The van der Waals surface area contributed by atoms with Gasteiger partial charge in [0, 0.05) is 11.8 Å². The summed E-state index contributed by atoms with van der Waals surface area (Å²) in [4.78, 5) is 26.6. The molecule has 3 N–H and O–H groups in total. The number of aliphatic hydroxyl groups is 1. The molecule has 0 aliphatic carbocycles. The molecule has 0 spiro atoms. The number of amides is 3. The SMILES string of the molecule is C=C1CCC(CO)N1C(=O)Nc1cc(O[C@@H](C)C(F)(F)F)c(C(=O)Nc2c(F)cccc2Cl)cc1F. The van der Waals surface area contributed by atoms with E-state index in [-0.39, 0.29) is 11.6 Å². The molecular weight excluding hydrogens is 513 g/mol. The summed E-state index contributed by atoms with van der Waals surface area (Å²) in [7, 11) is 0. The number of anilines is 2. The van der Waals surface area contributed by atoms with Gasteiger partial charge >= 0.3 is 12.2 Å². The van der Waals surface area contributed by atoms with Crippen molar-refractivity contribution >= 4 is 34.9 Å². The second kappa shape index (κ2) is 10.7. The second-order valence-corrected chi connectivity index (χ2v) is 8.33. The fraction of sp³-hybridized carbons (Fsp3) is 0.304. The maximum atomic E-state index is 14.9. The Morgan fingerprint density at radius 3 is 2.56 bits per heavy atom. The summed E-state index contributed by atoms with van der Waals surface area (Å²) in [5.74, 6) is -4.07. The first-order valence-electron chi connectivity index (χ1n) is 10.5. The summed E-state index contributed by atoms with van der Waals surface area (Å²) in [6.07, 6.45) is -6.45. The molecule has 2 aromatic rings. The molecular formula is C23H21ClF5N3O4. The van der Waals surface area contributed by atoms with Crippen LogP contribution in [0.3, 0.4) is 0 Å². The molecule has 3 rings (SSSR count). The lowest BCUT2D eigenvalue weighted by Crippen LogP contribution is -2.39. The van der Waals surface area contributed by atoms with E-state index in [9.17, 15) is 36.6 Å². The molecule has 1 unspecified atom stereocenters. The molecule has 7 nitrogen and oxygen atoms in total. The molecule has 1 fully saturated rings. The number of carbonyl (C=O) groups is 2. The van der Waals surface area contributed by atoms with Gasteiger partial charge in [0.1, 0.15) is 17.4 Å². The van der Waals surface area contributed by atoms with Crippen molar-refractivity contribution < 1.29 is 41.4 Å². The number of halogens is 6. The van der Waals surface area contributed by atoms with E-state index in [4.69, 9.17) is 16.3 Å². The molecule has 194 valence electrons. The number of hydrogen-bond acceptors (Lipinski definition) is 4. The van der Waals surface area contributed by atoms with Gasteiger partial charge in [-0.25, -0.2) is 13.6 Å². The van der Waals surface area contributed by atoms with E-state index in [1.165, 1.54) is 12.1 Å². The summed E-state index contributed by atoms with van der Waals surface area (Å²) in [5.41, 5.74) is -1.42. The van der Waals surface area contributed by atoms with Gasteiger partial charge < -0.3 is 20.5 Å². The minimum absolute atomic E-state index is 0.205. The van der Waals surface area contributed by atoms with Crippen molar-refractivity contribution in [3.63, 3.8) is 0 Å². The molecule has 0 saturated carbocycles. The zero-order valence-corrected chi connectivity index (χ0v) is 19.5. The highest BCUT2D eigenvalue weighted by Gasteiger charge is 2.39. The number of allylic oxidation sites excluding steroid dienone is 1. The quantitative estimate of drug-likeness (QED) is 0.415. The minimum atomic E-state index is -4.85. The number of nitrogens with one attached hydrogen (secondary N) is 2. The van der Waals surface area contributed by atoms with Crippen molar-refractivity contribution in [1.29, 1.82) is 0 Å². The zero-order chi connectivity index (χ0) is 26.8. The Morgan fingerprint density at radius 2 is 1.94 bits per heavy atom. The van der Waals surface area contributed by atoms with Crippen LogP contribution in [0.25, 0.3) is 0 Å². The maximum Gasteiger partial charge on any atom is 0.425 e. The third-order valence-corrected chi connectivity index (χ3v) is 5.74. The number of carbonyl (C=O) groups excluding carboxylic acids is 2. The Balaban J connectivity index is 1.98. The van der Waals surface area contributed by atoms with Crippen molar-refractivity contribution in [3.05, 3.63) is 64.8 Å². The molecule has 1 aliphatic rings. The minimum Gasteiger partial charge on any atom is -0.480 e. The number of ether oxygens (including phenoxy) is 1. The Kier molecular flexibility index (Phi) is 8.09. The lowest BCUT2D eigenvalue weighted by molar-refractivity contribution is -0.189. The third kappa shape index (κ3) is 5.88. The first kappa shape index (κ1) is 27.2. The molecule has 3 amide bonds. The van der Waals surface area contributed by atoms with Crippen molar-refractivity contribution in [2.75, 3.05) is 17.2 Å². The number of likely N-dealkylation sites (tertiary alicyclic amines) is 1. The van der Waals surface area contributed by atoms with Gasteiger partial charge in [-0.1, -0.05) is 24.2 Å². The van der Waals surface area contributed by atoms with Crippen molar-refractivity contribution in [2.24, 2.45) is 0 Å². The average molecular weight is 534 g/mol. The summed E-state index contributed by atoms with van der Waals surface area (Å²) in [5, 5.41) is 13.5. The molecule has 1 heterocycles. The number of hydrogen-bond donors (Lipinski definition) is 3. The fourth-order valence-electron chi connectivity index (χ4n) is 3.48. The summed E-state index contributed by atoms with van der Waals surface area (Å²) >= 11 is 5.87. The number of nitrogens with zero attached hydrogens (tertiary/aromatic N) is 1. The fourth-order valence-corrected chi connectivity index (χ4v) is 3.69. The van der Waals surface area contributed by atoms with Gasteiger partial charge in [-0.15, -0.1) is 0 Å². The van der Waals surface area contributed by atoms with Crippen LogP contribution in [0, 0.1) is 11.6 Å². The van der Waals surface area contributed by atoms with E-state index in [1.54, 1.807) is 0 Å². The number of aliphatic hydroxyl groups excluding tert-OH is 1. The second-order valence-electron chi connectivity index (χ2n) is 7.92. The number of benzene rings is 2. The van der Waals surface area contributed by atoms with Gasteiger partial charge in [-0.2, -0.15) is 13.2 Å². The number of alkyl halides is 3. The third-order valence-electron chi connectivity index (χ3n) is 5.42. The van der Waals surface area contributed by atoms with E-state index in [0.717, 1.165) is 11.0 Å². The van der Waals surface area contributed by atoms with Crippen LogP contribution in [0.2, 0.25) is 5.02 Å². The molecule has 36 heavy (non-hydrogen) atoms. The van der Waals surface area contributed by atoms with Gasteiger partial charge in [0.25, 0.3) is 5.91 Å². The molecule has 2 atom stereocenters. The summed E-state index contributed by atoms with van der Waals surface area (Å²) in [6.45, 7) is 3.99. The van der Waals surface area contributed by atoms with Crippen LogP contribution in [-0.4, -0.2) is 46.9 Å². The van der Waals surface area contributed by atoms with Crippen LogP contribution in [0.4, 0.5) is 38.1 Å². The molecule has 0 bridgehead atoms. The van der Waals surface area contributed by atoms with Crippen molar-refractivity contribution in [2.45, 2.75) is 38.1 Å². The van der Waals surface area contributed by atoms with Crippen LogP contribution < -0.4 is 15.4 Å². The number of para-hydroxylation sites is 1. The predicted molar refractivity (Wildman–Crippen MR) is 122 cm³/mol. The van der Waals surface area contributed by atoms with E-state index in [0.29, 0.717) is 37.6 Å². The first-order valence-corrected chi connectivity index (χ1v) is 10.9.